The molecule has 1 aromatic heterocycles. The molecule has 0 radical (unpaired) electrons. The van der Waals surface area contributed by atoms with Crippen LogP contribution >= 0.6 is 0 Å². The normalized spacial score (nSPS) is 16.2. The highest BCUT2D eigenvalue weighted by Gasteiger charge is 2.27. The zero-order valence-electron chi connectivity index (χ0n) is 23.5. The van der Waals surface area contributed by atoms with Gasteiger partial charge in [-0.3, -0.25) is 9.69 Å². The van der Waals surface area contributed by atoms with Crippen molar-refractivity contribution >= 4 is 17.3 Å². The van der Waals surface area contributed by atoms with E-state index in [1.165, 1.54) is 0 Å². The van der Waals surface area contributed by atoms with Gasteiger partial charge in [-0.1, -0.05) is 24.3 Å². The number of aromatic nitrogens is 1. The lowest BCUT2D eigenvalue weighted by Crippen LogP contribution is -2.49. The maximum atomic E-state index is 13.7. The van der Waals surface area contributed by atoms with Gasteiger partial charge in [-0.15, -0.1) is 0 Å². The fourth-order valence-corrected chi connectivity index (χ4v) is 5.66. The minimum Gasteiger partial charge on any atom is -0.495 e. The first-order valence-electron chi connectivity index (χ1n) is 13.9. The second-order valence-electron chi connectivity index (χ2n) is 10.3. The van der Waals surface area contributed by atoms with Crippen LogP contribution in [0.4, 0.5) is 11.4 Å². The summed E-state index contributed by atoms with van der Waals surface area (Å²) in [7, 11) is 3.38. The van der Waals surface area contributed by atoms with Crippen molar-refractivity contribution in [3.05, 3.63) is 77.6 Å². The van der Waals surface area contributed by atoms with Crippen molar-refractivity contribution < 1.29 is 14.3 Å². The van der Waals surface area contributed by atoms with Crippen molar-refractivity contribution in [2.24, 2.45) is 0 Å². The largest absolute Gasteiger partial charge is 0.495 e. The summed E-state index contributed by atoms with van der Waals surface area (Å²) in [5.41, 5.74) is 4.66. The van der Waals surface area contributed by atoms with Gasteiger partial charge in [0.05, 0.1) is 30.7 Å². The van der Waals surface area contributed by atoms with Crippen molar-refractivity contribution in [2.75, 3.05) is 83.0 Å². The van der Waals surface area contributed by atoms with Gasteiger partial charge in [0.2, 0.25) is 0 Å². The van der Waals surface area contributed by atoms with E-state index in [9.17, 15) is 10.1 Å². The fraction of sp³-hybridized carbons (Fsp3) is 0.419. The number of rotatable bonds is 9. The van der Waals surface area contributed by atoms with Crippen LogP contribution in [0.2, 0.25) is 0 Å². The Hall–Kier alpha value is -4.00. The Morgan fingerprint density at radius 1 is 0.875 bits per heavy atom. The molecule has 210 valence electrons. The number of benzene rings is 2. The first-order chi connectivity index (χ1) is 19.6. The van der Waals surface area contributed by atoms with Gasteiger partial charge in [0.25, 0.3) is 5.91 Å². The maximum absolute atomic E-state index is 13.7. The van der Waals surface area contributed by atoms with Crippen LogP contribution in [0.3, 0.4) is 0 Å². The third-order valence-electron chi connectivity index (χ3n) is 7.85. The average molecular weight is 543 g/mol. The van der Waals surface area contributed by atoms with Crippen LogP contribution in [0.5, 0.6) is 5.75 Å². The van der Waals surface area contributed by atoms with Gasteiger partial charge in [-0.2, -0.15) is 5.26 Å². The molecule has 3 heterocycles. The van der Waals surface area contributed by atoms with E-state index < -0.39 is 0 Å². The van der Waals surface area contributed by atoms with Crippen molar-refractivity contribution in [2.45, 2.75) is 13.1 Å². The van der Waals surface area contributed by atoms with Crippen LogP contribution in [0.15, 0.2) is 60.8 Å². The SMILES string of the molecule is COCCn1cc(CN2CCN(c3ccccc3C#N)CC2)cc1C(=O)N1CCN(c2ccccc2OC)CC1. The Kier molecular flexibility index (Phi) is 8.89. The monoisotopic (exact) mass is 542 g/mol. The molecular formula is C31H38N6O3. The molecule has 0 bridgehead atoms. The summed E-state index contributed by atoms with van der Waals surface area (Å²) in [6, 6.07) is 20.2. The average Bonchev–Trinajstić information content (AvgIpc) is 3.42. The summed E-state index contributed by atoms with van der Waals surface area (Å²) in [4.78, 5) is 22.6. The lowest BCUT2D eigenvalue weighted by Gasteiger charge is -2.36. The zero-order chi connectivity index (χ0) is 27.9. The number of hydrogen-bond acceptors (Lipinski definition) is 7. The van der Waals surface area contributed by atoms with Gasteiger partial charge in [0, 0.05) is 78.8 Å². The summed E-state index contributed by atoms with van der Waals surface area (Å²) < 4.78 is 12.9. The van der Waals surface area contributed by atoms with E-state index in [2.05, 4.69) is 39.1 Å². The molecule has 2 aliphatic rings. The van der Waals surface area contributed by atoms with Crippen LogP contribution in [0.25, 0.3) is 0 Å². The van der Waals surface area contributed by atoms with Gasteiger partial charge in [-0.25, -0.2) is 0 Å². The van der Waals surface area contributed by atoms with Crippen LogP contribution in [0, 0.1) is 11.3 Å². The first kappa shape index (κ1) is 27.6. The van der Waals surface area contributed by atoms with Crippen LogP contribution in [-0.2, 0) is 17.8 Å². The van der Waals surface area contributed by atoms with E-state index in [0.29, 0.717) is 26.2 Å². The highest BCUT2D eigenvalue weighted by molar-refractivity contribution is 5.93. The van der Waals surface area contributed by atoms with Crippen molar-refractivity contribution in [3.63, 3.8) is 0 Å². The van der Waals surface area contributed by atoms with E-state index in [0.717, 1.165) is 79.8 Å². The molecule has 2 aromatic carbocycles. The van der Waals surface area contributed by atoms with E-state index in [1.54, 1.807) is 14.2 Å². The number of nitrogens with zero attached hydrogens (tertiary/aromatic N) is 6. The second kappa shape index (κ2) is 12.9. The Bertz CT molecular complexity index is 1330. The third-order valence-corrected chi connectivity index (χ3v) is 7.85. The van der Waals surface area contributed by atoms with Crippen LogP contribution < -0.4 is 14.5 Å². The molecule has 5 rings (SSSR count). The first-order valence-corrected chi connectivity index (χ1v) is 13.9. The number of carbonyl (C=O) groups is 1. The van der Waals surface area contributed by atoms with Crippen molar-refractivity contribution in [3.8, 4) is 11.8 Å². The molecule has 1 amide bonds. The molecule has 2 fully saturated rings. The Morgan fingerprint density at radius 3 is 2.23 bits per heavy atom. The highest BCUT2D eigenvalue weighted by atomic mass is 16.5. The minimum absolute atomic E-state index is 0.0694. The smallest absolute Gasteiger partial charge is 0.270 e. The number of ether oxygens (including phenoxy) is 2. The molecule has 0 aliphatic carbocycles. The molecule has 3 aromatic rings. The second-order valence-corrected chi connectivity index (χ2v) is 10.3. The summed E-state index contributed by atoms with van der Waals surface area (Å²) >= 11 is 0. The molecule has 0 saturated carbocycles. The molecule has 0 atom stereocenters. The number of anilines is 2. The van der Waals surface area contributed by atoms with E-state index in [-0.39, 0.29) is 5.91 Å². The molecule has 2 saturated heterocycles. The zero-order valence-corrected chi connectivity index (χ0v) is 23.5. The number of para-hydroxylation sites is 3. The molecule has 0 N–H and O–H groups in total. The number of nitriles is 1. The Labute approximate surface area is 236 Å². The van der Waals surface area contributed by atoms with Gasteiger partial charge < -0.3 is 28.7 Å². The summed E-state index contributed by atoms with van der Waals surface area (Å²) in [5.74, 6) is 0.926. The summed E-state index contributed by atoms with van der Waals surface area (Å²) in [6.45, 7) is 8.35. The highest BCUT2D eigenvalue weighted by Crippen LogP contribution is 2.29. The molecule has 0 unspecified atom stereocenters. The number of methoxy groups -OCH3 is 2. The topological polar surface area (TPSA) is 77.2 Å². The summed E-state index contributed by atoms with van der Waals surface area (Å²) in [5, 5.41) is 9.47. The Balaban J connectivity index is 1.22. The van der Waals surface area contributed by atoms with Gasteiger partial charge in [0.1, 0.15) is 17.5 Å². The van der Waals surface area contributed by atoms with Gasteiger partial charge >= 0.3 is 0 Å². The van der Waals surface area contributed by atoms with E-state index in [1.807, 2.05) is 51.9 Å². The molecular weight excluding hydrogens is 504 g/mol. The molecule has 40 heavy (non-hydrogen) atoms. The fourth-order valence-electron chi connectivity index (χ4n) is 5.66. The van der Waals surface area contributed by atoms with E-state index in [4.69, 9.17) is 9.47 Å². The molecule has 9 nitrogen and oxygen atoms in total. The number of piperazine rings is 2. The number of amides is 1. The molecule has 9 heteroatoms. The maximum Gasteiger partial charge on any atom is 0.270 e. The number of hydrogen-bond donors (Lipinski definition) is 0. The lowest BCUT2D eigenvalue weighted by molar-refractivity contribution is 0.0733. The predicted molar refractivity (Wildman–Crippen MR) is 156 cm³/mol. The van der Waals surface area contributed by atoms with Crippen LogP contribution in [0.1, 0.15) is 21.6 Å². The Morgan fingerprint density at radius 2 is 1.52 bits per heavy atom. The van der Waals surface area contributed by atoms with Gasteiger partial charge in [0.15, 0.2) is 0 Å². The third kappa shape index (κ3) is 6.09. The number of carbonyl (C=O) groups excluding carboxylic acids is 1. The lowest BCUT2D eigenvalue weighted by atomic mass is 10.1. The van der Waals surface area contributed by atoms with Gasteiger partial charge in [-0.05, 0) is 35.9 Å². The quantitative estimate of drug-likeness (QED) is 0.411. The minimum atomic E-state index is 0.0694. The van der Waals surface area contributed by atoms with Crippen molar-refractivity contribution in [1.82, 2.24) is 14.4 Å². The predicted octanol–water partition coefficient (Wildman–Crippen LogP) is 3.30. The van der Waals surface area contributed by atoms with Crippen molar-refractivity contribution in [1.29, 1.82) is 5.26 Å². The molecule has 2 aliphatic heterocycles. The van der Waals surface area contributed by atoms with E-state index >= 15 is 0 Å². The molecule has 0 spiro atoms. The van der Waals surface area contributed by atoms with Crippen LogP contribution in [-0.4, -0.2) is 93.5 Å². The standard InChI is InChI=1S/C31H38N6O3/c1-39-20-19-37-24-25(23-33-11-13-34(14-12-33)27-8-4-3-7-26(27)22-32)21-29(37)31(38)36-17-15-35(16-18-36)28-9-5-6-10-30(28)40-2/h3-10,21,24H,11-20,23H2,1-2H3. The summed E-state index contributed by atoms with van der Waals surface area (Å²) in [6.07, 6.45) is 2.11.